The molecule has 1 fully saturated rings. The third kappa shape index (κ3) is 3.51. The second-order valence-corrected chi connectivity index (χ2v) is 9.76. The number of carbonyl (C=O) groups is 3. The van der Waals surface area contributed by atoms with Crippen molar-refractivity contribution < 1.29 is 39.5 Å². The van der Waals surface area contributed by atoms with E-state index in [1.807, 2.05) is 0 Å². The lowest BCUT2D eigenvalue weighted by molar-refractivity contribution is -0.311. The molecule has 0 saturated carbocycles. The minimum Gasteiger partial charge on any atom is -0.508 e. The Hall–Kier alpha value is -3.33. The van der Waals surface area contributed by atoms with Gasteiger partial charge in [0.25, 0.3) is 0 Å². The van der Waals surface area contributed by atoms with Crippen molar-refractivity contribution in [3.63, 3.8) is 0 Å². The Kier molecular flexibility index (Phi) is 6.78. The number of ketones is 3. The van der Waals surface area contributed by atoms with Crippen LogP contribution in [0.4, 0.5) is 0 Å². The zero-order valence-electron chi connectivity index (χ0n) is 21.2. The smallest absolute Gasteiger partial charge is 0.213 e. The van der Waals surface area contributed by atoms with Crippen molar-refractivity contribution >= 4 is 17.3 Å². The fraction of sp³-hybridized carbons (Fsp3) is 0.393. The van der Waals surface area contributed by atoms with Crippen LogP contribution in [-0.2, 0) is 19.1 Å². The minimum absolute atomic E-state index is 0.119. The number of hydrogen-bond donors (Lipinski definition) is 4. The second kappa shape index (κ2) is 8.96. The number of aliphatic hydroxyl groups excluding tert-OH is 2. The largest absolute Gasteiger partial charge is 0.508 e. The highest BCUT2D eigenvalue weighted by Gasteiger charge is 2.79. The van der Waals surface area contributed by atoms with Crippen molar-refractivity contribution in [2.24, 2.45) is 11.3 Å². The molecule has 0 aromatic rings. The average molecular weight is 497 g/mol. The summed E-state index contributed by atoms with van der Waals surface area (Å²) in [6.07, 6.45) is 13.2. The fourth-order valence-electron chi connectivity index (χ4n) is 5.54. The quantitative estimate of drug-likeness (QED) is 0.196. The van der Waals surface area contributed by atoms with E-state index in [4.69, 9.17) is 4.74 Å². The highest BCUT2D eigenvalue weighted by atomic mass is 16.7. The Morgan fingerprint density at radius 1 is 0.972 bits per heavy atom. The number of hydrogen-bond acceptors (Lipinski definition) is 8. The fourth-order valence-corrected chi connectivity index (χ4v) is 5.54. The molecule has 1 aliphatic heterocycles. The van der Waals surface area contributed by atoms with Gasteiger partial charge in [-0.25, -0.2) is 0 Å². The summed E-state index contributed by atoms with van der Waals surface area (Å²) in [6, 6.07) is 0. The summed E-state index contributed by atoms with van der Waals surface area (Å²) in [5.41, 5.74) is -7.03. The molecule has 5 atom stereocenters. The zero-order valence-corrected chi connectivity index (χ0v) is 21.2. The molecule has 0 bridgehead atoms. The Labute approximate surface area is 210 Å². The Morgan fingerprint density at radius 2 is 1.53 bits per heavy atom. The highest BCUT2D eigenvalue weighted by Crippen LogP contribution is 2.66. The summed E-state index contributed by atoms with van der Waals surface area (Å²) in [7, 11) is 0. The third-order valence-corrected chi connectivity index (χ3v) is 7.37. The van der Waals surface area contributed by atoms with E-state index in [0.29, 0.717) is 0 Å². The van der Waals surface area contributed by atoms with E-state index in [1.54, 1.807) is 38.2 Å². The predicted molar refractivity (Wildman–Crippen MR) is 133 cm³/mol. The lowest BCUT2D eigenvalue weighted by Gasteiger charge is -2.49. The Bertz CT molecular complexity index is 1240. The number of carbonyl (C=O) groups excluding carboxylic acids is 3. The van der Waals surface area contributed by atoms with Gasteiger partial charge in [0.15, 0.2) is 17.2 Å². The minimum atomic E-state index is -2.69. The van der Waals surface area contributed by atoms with Crippen LogP contribution in [0, 0.1) is 11.3 Å². The molecule has 0 spiro atoms. The zero-order chi connectivity index (χ0) is 27.3. The van der Waals surface area contributed by atoms with Gasteiger partial charge in [-0.15, -0.1) is 0 Å². The van der Waals surface area contributed by atoms with Gasteiger partial charge in [-0.3, -0.25) is 14.4 Å². The lowest BCUT2D eigenvalue weighted by Crippen LogP contribution is -2.67. The van der Waals surface area contributed by atoms with E-state index in [9.17, 15) is 34.8 Å². The molecule has 1 heterocycles. The molecular formula is C28H32O8. The molecule has 2 aliphatic carbocycles. The molecule has 4 N–H and O–H groups in total. The van der Waals surface area contributed by atoms with Crippen LogP contribution >= 0.6 is 0 Å². The number of rotatable bonds is 5. The normalized spacial score (nSPS) is 38.4. The highest BCUT2D eigenvalue weighted by molar-refractivity contribution is 6.27. The molecule has 3 aliphatic rings. The molecular weight excluding hydrogens is 464 g/mol. The summed E-state index contributed by atoms with van der Waals surface area (Å²) < 4.78 is 5.92. The monoisotopic (exact) mass is 496 g/mol. The maximum Gasteiger partial charge on any atom is 0.213 e. The second-order valence-electron chi connectivity index (χ2n) is 9.76. The van der Waals surface area contributed by atoms with Gasteiger partial charge in [0.1, 0.15) is 17.1 Å². The van der Waals surface area contributed by atoms with Crippen LogP contribution in [-0.4, -0.2) is 54.8 Å². The van der Waals surface area contributed by atoms with Gasteiger partial charge in [-0.1, -0.05) is 49.5 Å². The van der Waals surface area contributed by atoms with E-state index in [2.05, 4.69) is 0 Å². The summed E-state index contributed by atoms with van der Waals surface area (Å²) in [5, 5.41) is 45.2. The first-order valence-corrected chi connectivity index (χ1v) is 11.6. The molecule has 1 unspecified atom stereocenters. The van der Waals surface area contributed by atoms with Crippen LogP contribution in [0.5, 0.6) is 0 Å². The van der Waals surface area contributed by atoms with Gasteiger partial charge in [0, 0.05) is 17.1 Å². The lowest BCUT2D eigenvalue weighted by atomic mass is 9.54. The molecule has 3 rings (SSSR count). The molecule has 192 valence electrons. The molecule has 8 nitrogen and oxygen atoms in total. The SMILES string of the molecule is C/C=C/C=C/C(=O)C1=C[C@@]2(C)C3\C(=C(O)/C=C/C=C/C)C(O)=C(C)C(=O)[C@@]3(C)O[C@@]2(O)[C@@](C)(O)C1=O. The molecule has 0 amide bonds. The van der Waals surface area contributed by atoms with E-state index < -0.39 is 62.8 Å². The summed E-state index contributed by atoms with van der Waals surface area (Å²) in [5.74, 6) is -7.39. The first-order chi connectivity index (χ1) is 16.7. The van der Waals surface area contributed by atoms with E-state index in [0.717, 1.165) is 13.0 Å². The van der Waals surface area contributed by atoms with Crippen molar-refractivity contribution in [1.29, 1.82) is 0 Å². The van der Waals surface area contributed by atoms with Crippen LogP contribution < -0.4 is 0 Å². The van der Waals surface area contributed by atoms with Crippen molar-refractivity contribution in [2.75, 3.05) is 0 Å². The van der Waals surface area contributed by atoms with Crippen molar-refractivity contribution in [1.82, 2.24) is 0 Å². The van der Waals surface area contributed by atoms with Gasteiger partial charge in [-0.05, 0) is 46.8 Å². The van der Waals surface area contributed by atoms with E-state index >= 15 is 0 Å². The number of ether oxygens (including phenoxy) is 1. The van der Waals surface area contributed by atoms with Gasteiger partial charge in [0.2, 0.25) is 11.6 Å². The van der Waals surface area contributed by atoms with E-state index in [-0.39, 0.29) is 11.1 Å². The number of aliphatic hydroxyl groups is 4. The van der Waals surface area contributed by atoms with Crippen molar-refractivity contribution in [3.05, 3.63) is 82.9 Å². The molecule has 1 saturated heterocycles. The Balaban J connectivity index is 2.40. The first-order valence-electron chi connectivity index (χ1n) is 11.6. The standard InChI is InChI=1S/C28H32O8/c1-7-9-11-13-18(29)17-15-25(4)22-20(19(30)14-12-10-8-2)21(31)16(3)23(32)26(22,5)36-28(25,35)27(6,34)24(17)33/h7-15,22,30-31,34-35H,1-6H3/b9-7+,10-8+,13-11+,14-12+,20-19+/t22?,25-,26-,27-,28+/m0/s1. The predicted octanol–water partition coefficient (Wildman–Crippen LogP) is 3.41. The average Bonchev–Trinajstić information content (AvgIpc) is 3.00. The summed E-state index contributed by atoms with van der Waals surface area (Å²) >= 11 is 0. The molecule has 0 radical (unpaired) electrons. The van der Waals surface area contributed by atoms with Crippen LogP contribution in [0.25, 0.3) is 0 Å². The van der Waals surface area contributed by atoms with Crippen LogP contribution in [0.1, 0.15) is 41.5 Å². The third-order valence-electron chi connectivity index (χ3n) is 7.37. The topological polar surface area (TPSA) is 141 Å². The van der Waals surface area contributed by atoms with Crippen LogP contribution in [0.15, 0.2) is 82.9 Å². The number of fused-ring (bicyclic) bond motifs is 3. The molecule has 8 heteroatoms. The van der Waals surface area contributed by atoms with Gasteiger partial charge < -0.3 is 25.2 Å². The van der Waals surface area contributed by atoms with E-state index in [1.165, 1.54) is 45.1 Å². The van der Waals surface area contributed by atoms with Gasteiger partial charge in [-0.2, -0.15) is 0 Å². The van der Waals surface area contributed by atoms with Crippen molar-refractivity contribution in [2.45, 2.75) is 58.5 Å². The van der Waals surface area contributed by atoms with Gasteiger partial charge in [0.05, 0.1) is 11.0 Å². The maximum atomic E-state index is 13.4. The number of allylic oxidation sites excluding steroid dienone is 9. The molecule has 0 aromatic heterocycles. The summed E-state index contributed by atoms with van der Waals surface area (Å²) in [6.45, 7) is 8.66. The maximum absolute atomic E-state index is 13.4. The first kappa shape index (κ1) is 27.3. The van der Waals surface area contributed by atoms with Gasteiger partial charge >= 0.3 is 0 Å². The summed E-state index contributed by atoms with van der Waals surface area (Å²) in [4.78, 5) is 39.7. The molecule has 36 heavy (non-hydrogen) atoms. The van der Waals surface area contributed by atoms with Crippen LogP contribution in [0.3, 0.4) is 0 Å². The van der Waals surface area contributed by atoms with Crippen LogP contribution in [0.2, 0.25) is 0 Å². The number of Topliss-reactive ketones (excluding diaryl/α,β-unsaturated/α-hetero) is 2. The molecule has 0 aromatic carbocycles. The Morgan fingerprint density at radius 3 is 2.08 bits per heavy atom. The van der Waals surface area contributed by atoms with Crippen molar-refractivity contribution in [3.8, 4) is 0 Å².